The Labute approximate surface area is 171 Å². The second kappa shape index (κ2) is 9.29. The number of alkyl halides is 1. The first-order valence-corrected chi connectivity index (χ1v) is 10.6. The molecule has 1 heterocycles. The van der Waals surface area contributed by atoms with E-state index in [-0.39, 0.29) is 17.8 Å². The lowest BCUT2D eigenvalue weighted by atomic mass is 9.74. The number of hydrogen-bond donors (Lipinski definition) is 3. The van der Waals surface area contributed by atoms with Gasteiger partial charge in [-0.05, 0) is 62.6 Å². The fraction of sp³-hybridized carbons (Fsp3) is 0.591. The van der Waals surface area contributed by atoms with E-state index in [2.05, 4.69) is 11.0 Å². The smallest absolute Gasteiger partial charge is 0.303 e. The maximum Gasteiger partial charge on any atom is 0.303 e. The Hall–Kier alpha value is -1.56. The van der Waals surface area contributed by atoms with Crippen molar-refractivity contribution in [2.24, 2.45) is 0 Å². The molecular weight excluding hydrogens is 378 g/mol. The highest BCUT2D eigenvalue weighted by molar-refractivity contribution is 6.21. The fourth-order valence-electron chi connectivity index (χ4n) is 4.11. The molecule has 1 aromatic rings. The van der Waals surface area contributed by atoms with Gasteiger partial charge in [-0.1, -0.05) is 24.3 Å². The average molecular weight is 408 g/mol. The molecule has 3 unspecified atom stereocenters. The van der Waals surface area contributed by atoms with Gasteiger partial charge in [-0.25, -0.2) is 0 Å². The Morgan fingerprint density at radius 2 is 2.00 bits per heavy atom. The van der Waals surface area contributed by atoms with Crippen LogP contribution in [0.25, 0.3) is 0 Å². The zero-order valence-electron chi connectivity index (χ0n) is 16.1. The third kappa shape index (κ3) is 4.88. The first kappa shape index (κ1) is 21.2. The highest BCUT2D eigenvalue weighted by Gasteiger charge is 2.42. The molecule has 1 aliphatic heterocycles. The van der Waals surface area contributed by atoms with Gasteiger partial charge in [-0.3, -0.25) is 4.79 Å². The van der Waals surface area contributed by atoms with Crippen LogP contribution in [0.3, 0.4) is 0 Å². The number of aliphatic hydroxyl groups excluding tert-OH is 1. The van der Waals surface area contributed by atoms with E-state index in [0.29, 0.717) is 19.3 Å². The molecular formula is C22H30ClNO4. The minimum Gasteiger partial charge on any atom is -0.481 e. The van der Waals surface area contributed by atoms with Crippen molar-refractivity contribution in [3.8, 4) is 0 Å². The third-order valence-electron chi connectivity index (χ3n) is 6.04. The molecule has 1 aliphatic carbocycles. The molecule has 28 heavy (non-hydrogen) atoms. The van der Waals surface area contributed by atoms with Gasteiger partial charge in [0.1, 0.15) is 6.10 Å². The Morgan fingerprint density at radius 3 is 2.61 bits per heavy atom. The van der Waals surface area contributed by atoms with Crippen LogP contribution in [-0.2, 0) is 4.79 Å². The van der Waals surface area contributed by atoms with Crippen LogP contribution in [0.5, 0.6) is 0 Å². The van der Waals surface area contributed by atoms with E-state index in [1.807, 2.05) is 30.3 Å². The lowest BCUT2D eigenvalue weighted by molar-refractivity contribution is -0.137. The predicted octanol–water partition coefficient (Wildman–Crippen LogP) is 4.02. The van der Waals surface area contributed by atoms with Crippen LogP contribution in [0.15, 0.2) is 36.4 Å². The summed E-state index contributed by atoms with van der Waals surface area (Å²) in [4.78, 5) is 12.8. The summed E-state index contributed by atoms with van der Waals surface area (Å²) in [5.41, 5.74) is 0.857. The molecule has 3 atom stereocenters. The molecule has 2 aliphatic rings. The van der Waals surface area contributed by atoms with E-state index < -0.39 is 17.7 Å². The number of rotatable bonds is 9. The van der Waals surface area contributed by atoms with Crippen LogP contribution in [0, 0.1) is 0 Å². The summed E-state index contributed by atoms with van der Waals surface area (Å²) in [6.45, 7) is 0.886. The lowest BCUT2D eigenvalue weighted by Gasteiger charge is -2.40. The molecule has 5 nitrogen and oxygen atoms in total. The summed E-state index contributed by atoms with van der Waals surface area (Å²) < 4.78 is 0. The summed E-state index contributed by atoms with van der Waals surface area (Å²) in [5, 5.41) is 29.6. The van der Waals surface area contributed by atoms with Crippen molar-refractivity contribution in [1.82, 2.24) is 0 Å². The predicted molar refractivity (Wildman–Crippen MR) is 111 cm³/mol. The van der Waals surface area contributed by atoms with Crippen molar-refractivity contribution in [2.75, 3.05) is 11.4 Å². The molecule has 0 amide bonds. The van der Waals surface area contributed by atoms with Gasteiger partial charge < -0.3 is 20.2 Å². The van der Waals surface area contributed by atoms with Crippen molar-refractivity contribution >= 4 is 23.3 Å². The van der Waals surface area contributed by atoms with Crippen LogP contribution in [0.2, 0.25) is 0 Å². The zero-order valence-corrected chi connectivity index (χ0v) is 16.9. The number of aliphatic hydroxyl groups is 2. The van der Waals surface area contributed by atoms with Crippen LogP contribution in [0.1, 0.15) is 63.0 Å². The fourth-order valence-corrected chi connectivity index (χ4v) is 4.44. The largest absolute Gasteiger partial charge is 0.481 e. The molecule has 3 N–H and O–H groups in total. The first-order valence-electron chi connectivity index (χ1n) is 10.2. The van der Waals surface area contributed by atoms with Crippen LogP contribution in [-0.4, -0.2) is 44.9 Å². The highest BCUT2D eigenvalue weighted by atomic mass is 35.5. The van der Waals surface area contributed by atoms with Gasteiger partial charge in [0.2, 0.25) is 0 Å². The maximum absolute atomic E-state index is 10.5. The molecule has 2 fully saturated rings. The van der Waals surface area contributed by atoms with Gasteiger partial charge in [-0.2, -0.15) is 0 Å². The minimum absolute atomic E-state index is 0.0737. The first-order chi connectivity index (χ1) is 13.4. The number of nitrogens with zero attached hydrogens (tertiary/aromatic N) is 1. The van der Waals surface area contributed by atoms with Gasteiger partial charge in [0.15, 0.2) is 0 Å². The number of halogens is 1. The summed E-state index contributed by atoms with van der Waals surface area (Å²) >= 11 is 6.55. The number of aliphatic carboxylic acids is 1. The van der Waals surface area contributed by atoms with E-state index in [1.54, 1.807) is 0 Å². The molecule has 154 valence electrons. The summed E-state index contributed by atoms with van der Waals surface area (Å²) in [6, 6.07) is 8.00. The number of carbonyl (C=O) groups is 1. The van der Waals surface area contributed by atoms with Gasteiger partial charge in [0.25, 0.3) is 0 Å². The zero-order chi connectivity index (χ0) is 20.1. The molecule has 0 aromatic heterocycles. The van der Waals surface area contributed by atoms with E-state index in [4.69, 9.17) is 16.7 Å². The number of hydrogen-bond acceptors (Lipinski definition) is 4. The molecule has 1 saturated carbocycles. The lowest BCUT2D eigenvalue weighted by Crippen LogP contribution is -2.43. The summed E-state index contributed by atoms with van der Waals surface area (Å²) in [7, 11) is 0. The van der Waals surface area contributed by atoms with Crippen LogP contribution < -0.4 is 4.90 Å². The quantitative estimate of drug-likeness (QED) is 0.327. The Morgan fingerprint density at radius 1 is 1.29 bits per heavy atom. The minimum atomic E-state index is -0.968. The van der Waals surface area contributed by atoms with Gasteiger partial charge in [0.05, 0.1) is 11.0 Å². The highest BCUT2D eigenvalue weighted by Crippen LogP contribution is 2.42. The van der Waals surface area contributed by atoms with E-state index >= 15 is 0 Å². The number of carboxylic acid groups (broad SMARTS) is 1. The molecule has 6 heteroatoms. The second-order valence-corrected chi connectivity index (χ2v) is 8.57. The normalized spacial score (nSPS) is 25.0. The number of benzene rings is 1. The van der Waals surface area contributed by atoms with Crippen molar-refractivity contribution in [3.63, 3.8) is 0 Å². The van der Waals surface area contributed by atoms with E-state index in [1.165, 1.54) is 0 Å². The Balaban J connectivity index is 1.58. The molecule has 0 radical (unpaired) electrons. The molecule has 0 bridgehead atoms. The number of carboxylic acids is 1. The molecule has 1 aromatic carbocycles. The third-order valence-corrected chi connectivity index (χ3v) is 6.55. The topological polar surface area (TPSA) is 81.0 Å². The van der Waals surface area contributed by atoms with E-state index in [0.717, 1.165) is 43.5 Å². The number of unbranched alkanes of at least 4 members (excludes halogenated alkanes) is 1. The van der Waals surface area contributed by atoms with Gasteiger partial charge in [0, 0.05) is 24.7 Å². The molecule has 0 spiro atoms. The Kier molecular flexibility index (Phi) is 7.02. The Bertz CT molecular complexity index is 686. The van der Waals surface area contributed by atoms with Crippen LogP contribution in [0.4, 0.5) is 5.69 Å². The van der Waals surface area contributed by atoms with Crippen molar-refractivity contribution < 1.29 is 20.1 Å². The SMILES string of the molecule is O=C(O)CCCC=CCC1C(Cl)CCN1c1ccc(C(O)C2(O)CCC2)cc1. The number of anilines is 1. The maximum atomic E-state index is 10.5. The average Bonchev–Trinajstić information content (AvgIpc) is 3.02. The monoisotopic (exact) mass is 407 g/mol. The van der Waals surface area contributed by atoms with Gasteiger partial charge in [-0.15, -0.1) is 11.6 Å². The summed E-state index contributed by atoms with van der Waals surface area (Å²) in [6.07, 6.45) is 8.93. The van der Waals surface area contributed by atoms with Crippen LogP contribution >= 0.6 is 11.6 Å². The second-order valence-electron chi connectivity index (χ2n) is 8.01. The molecule has 3 rings (SSSR count). The standard InChI is InChI=1S/C22H30ClNO4/c23-18-12-15-24(19(18)6-3-1-2-4-7-20(25)26)17-10-8-16(9-11-17)21(27)22(28)13-5-14-22/h1,3,8-11,18-19,21,27-28H,2,4-7,12-15H2,(H,25,26). The van der Waals surface area contributed by atoms with Crippen molar-refractivity contribution in [1.29, 1.82) is 0 Å². The number of allylic oxidation sites excluding steroid dienone is 1. The van der Waals surface area contributed by atoms with Crippen molar-refractivity contribution in [2.45, 2.75) is 74.5 Å². The summed E-state index contributed by atoms with van der Waals surface area (Å²) in [5.74, 6) is -0.755. The molecule has 1 saturated heterocycles. The van der Waals surface area contributed by atoms with Gasteiger partial charge >= 0.3 is 5.97 Å². The van der Waals surface area contributed by atoms with E-state index in [9.17, 15) is 15.0 Å². The van der Waals surface area contributed by atoms with Crippen molar-refractivity contribution in [3.05, 3.63) is 42.0 Å².